The monoisotopic (exact) mass is 324 g/mol. The van der Waals surface area contributed by atoms with E-state index < -0.39 is 0 Å². The van der Waals surface area contributed by atoms with Crippen molar-refractivity contribution in [2.45, 2.75) is 19.9 Å². The fourth-order valence-electron chi connectivity index (χ4n) is 1.64. The maximum atomic E-state index is 13.0. The molecule has 100 valence electrons. The first-order valence-corrected chi connectivity index (χ1v) is 6.74. The molecule has 1 aromatic carbocycles. The van der Waals surface area contributed by atoms with E-state index in [4.69, 9.17) is 10.5 Å². The first kappa shape index (κ1) is 14.0. The number of nitrogens with zero attached hydrogens (tertiary/aromatic N) is 1. The largest absolute Gasteiger partial charge is 0.438 e. The Labute approximate surface area is 119 Å². The van der Waals surface area contributed by atoms with Crippen molar-refractivity contribution in [3.63, 3.8) is 0 Å². The zero-order chi connectivity index (χ0) is 13.8. The van der Waals surface area contributed by atoms with E-state index in [-0.39, 0.29) is 5.82 Å². The summed E-state index contributed by atoms with van der Waals surface area (Å²) >= 11 is 3.26. The van der Waals surface area contributed by atoms with E-state index >= 15 is 0 Å². The molecule has 2 N–H and O–H groups in total. The second kappa shape index (κ2) is 6.12. The van der Waals surface area contributed by atoms with Gasteiger partial charge in [-0.3, -0.25) is 0 Å². The topological polar surface area (TPSA) is 48.1 Å². The van der Waals surface area contributed by atoms with Crippen molar-refractivity contribution in [3.8, 4) is 11.6 Å². The molecule has 0 aliphatic carbocycles. The number of pyridine rings is 1. The third-order valence-corrected chi connectivity index (χ3v) is 3.24. The molecule has 2 rings (SSSR count). The van der Waals surface area contributed by atoms with Crippen molar-refractivity contribution in [1.82, 2.24) is 4.98 Å². The summed E-state index contributed by atoms with van der Waals surface area (Å²) in [5.74, 6) is 0.661. The lowest BCUT2D eigenvalue weighted by molar-refractivity contribution is 0.455. The Hall–Kier alpha value is -1.46. The number of benzene rings is 1. The van der Waals surface area contributed by atoms with Crippen molar-refractivity contribution in [3.05, 3.63) is 51.9 Å². The average Bonchev–Trinajstić information content (AvgIpc) is 2.41. The van der Waals surface area contributed by atoms with E-state index in [2.05, 4.69) is 20.9 Å². The Morgan fingerprint density at radius 1 is 1.32 bits per heavy atom. The third kappa shape index (κ3) is 3.52. The highest BCUT2D eigenvalue weighted by molar-refractivity contribution is 9.10. The normalized spacial score (nSPS) is 10.5. The van der Waals surface area contributed by atoms with Gasteiger partial charge in [0.2, 0.25) is 5.88 Å². The molecule has 0 atom stereocenters. The van der Waals surface area contributed by atoms with Gasteiger partial charge < -0.3 is 10.5 Å². The maximum Gasteiger partial charge on any atom is 0.219 e. The zero-order valence-corrected chi connectivity index (χ0v) is 12.1. The number of aryl methyl sites for hydroxylation is 1. The molecule has 5 heteroatoms. The van der Waals surface area contributed by atoms with Gasteiger partial charge >= 0.3 is 0 Å². The lowest BCUT2D eigenvalue weighted by Crippen LogP contribution is -2.01. The summed E-state index contributed by atoms with van der Waals surface area (Å²) in [7, 11) is 0. The molecule has 19 heavy (non-hydrogen) atoms. The molecular weight excluding hydrogens is 311 g/mol. The highest BCUT2D eigenvalue weighted by atomic mass is 79.9. The summed E-state index contributed by atoms with van der Waals surface area (Å²) in [6.07, 6.45) is 0.800. The van der Waals surface area contributed by atoms with E-state index in [0.29, 0.717) is 22.6 Å². The van der Waals surface area contributed by atoms with Crippen molar-refractivity contribution < 1.29 is 9.13 Å². The number of halogens is 2. The van der Waals surface area contributed by atoms with E-state index in [1.807, 2.05) is 13.0 Å². The predicted molar refractivity (Wildman–Crippen MR) is 75.7 cm³/mol. The zero-order valence-electron chi connectivity index (χ0n) is 10.5. The summed E-state index contributed by atoms with van der Waals surface area (Å²) in [5.41, 5.74) is 7.51. The summed E-state index contributed by atoms with van der Waals surface area (Å²) in [4.78, 5) is 4.37. The number of hydrogen-bond acceptors (Lipinski definition) is 3. The molecule has 0 radical (unpaired) electrons. The molecule has 0 spiro atoms. The molecule has 0 amide bonds. The van der Waals surface area contributed by atoms with Gasteiger partial charge in [0.1, 0.15) is 11.6 Å². The lowest BCUT2D eigenvalue weighted by Gasteiger charge is -2.09. The Bertz CT molecular complexity index is 567. The van der Waals surface area contributed by atoms with E-state index in [0.717, 1.165) is 17.7 Å². The molecule has 1 aromatic heterocycles. The van der Waals surface area contributed by atoms with E-state index in [1.165, 1.54) is 12.1 Å². The van der Waals surface area contributed by atoms with Crippen LogP contribution in [0, 0.1) is 5.82 Å². The highest BCUT2D eigenvalue weighted by Gasteiger charge is 2.07. The average molecular weight is 325 g/mol. The van der Waals surface area contributed by atoms with Gasteiger partial charge in [0, 0.05) is 18.3 Å². The van der Waals surface area contributed by atoms with Crippen LogP contribution in [0.3, 0.4) is 0 Å². The smallest absolute Gasteiger partial charge is 0.219 e. The fraction of sp³-hybridized carbons (Fsp3) is 0.214. The maximum absolute atomic E-state index is 13.0. The van der Waals surface area contributed by atoms with Crippen LogP contribution in [0.1, 0.15) is 18.2 Å². The minimum absolute atomic E-state index is 0.322. The van der Waals surface area contributed by atoms with Crippen molar-refractivity contribution in [1.29, 1.82) is 0 Å². The van der Waals surface area contributed by atoms with Gasteiger partial charge in [-0.05, 0) is 52.2 Å². The molecule has 0 aliphatic heterocycles. The van der Waals surface area contributed by atoms with Crippen LogP contribution in [0.2, 0.25) is 0 Å². The van der Waals surface area contributed by atoms with Gasteiger partial charge in [0.05, 0.1) is 4.47 Å². The Morgan fingerprint density at radius 3 is 2.74 bits per heavy atom. The lowest BCUT2D eigenvalue weighted by atomic mass is 10.2. The quantitative estimate of drug-likeness (QED) is 0.930. The van der Waals surface area contributed by atoms with Crippen LogP contribution >= 0.6 is 15.9 Å². The van der Waals surface area contributed by atoms with Crippen LogP contribution < -0.4 is 10.5 Å². The number of rotatable bonds is 4. The number of hydrogen-bond donors (Lipinski definition) is 1. The van der Waals surface area contributed by atoms with E-state index in [1.54, 1.807) is 12.1 Å². The van der Waals surface area contributed by atoms with Gasteiger partial charge in [-0.1, -0.05) is 6.92 Å². The molecule has 0 saturated heterocycles. The Morgan fingerprint density at radius 2 is 2.11 bits per heavy atom. The SMILES string of the molecule is CCc1cc(CN)cc(Oc2ccc(F)cc2Br)n1. The first-order chi connectivity index (χ1) is 9.12. The second-order valence-corrected chi connectivity index (χ2v) is 4.89. The minimum Gasteiger partial charge on any atom is -0.438 e. The summed E-state index contributed by atoms with van der Waals surface area (Å²) in [6, 6.07) is 7.99. The molecule has 0 unspecified atom stereocenters. The number of nitrogens with two attached hydrogens (primary N) is 1. The van der Waals surface area contributed by atoms with Gasteiger partial charge in [0.25, 0.3) is 0 Å². The van der Waals surface area contributed by atoms with Crippen LogP contribution in [-0.2, 0) is 13.0 Å². The molecule has 3 nitrogen and oxygen atoms in total. The minimum atomic E-state index is -0.322. The predicted octanol–water partition coefficient (Wildman–Crippen LogP) is 3.80. The molecule has 0 bridgehead atoms. The van der Waals surface area contributed by atoms with Crippen molar-refractivity contribution >= 4 is 15.9 Å². The van der Waals surface area contributed by atoms with Crippen LogP contribution in [0.15, 0.2) is 34.8 Å². The van der Waals surface area contributed by atoms with Crippen molar-refractivity contribution in [2.24, 2.45) is 5.73 Å². The number of aromatic nitrogens is 1. The van der Waals surface area contributed by atoms with Gasteiger partial charge in [-0.15, -0.1) is 0 Å². The van der Waals surface area contributed by atoms with Crippen LogP contribution in [0.25, 0.3) is 0 Å². The van der Waals surface area contributed by atoms with Gasteiger partial charge in [0.15, 0.2) is 0 Å². The van der Waals surface area contributed by atoms with Crippen molar-refractivity contribution in [2.75, 3.05) is 0 Å². The van der Waals surface area contributed by atoms with Crippen LogP contribution in [-0.4, -0.2) is 4.98 Å². The Balaban J connectivity index is 2.31. The molecule has 0 fully saturated rings. The fourth-order valence-corrected chi connectivity index (χ4v) is 2.07. The molecule has 0 aliphatic rings. The van der Waals surface area contributed by atoms with E-state index in [9.17, 15) is 4.39 Å². The van der Waals surface area contributed by atoms with Gasteiger partial charge in [-0.25, -0.2) is 9.37 Å². The summed E-state index contributed by atoms with van der Waals surface area (Å²) in [6.45, 7) is 2.44. The van der Waals surface area contributed by atoms with Gasteiger partial charge in [-0.2, -0.15) is 0 Å². The second-order valence-electron chi connectivity index (χ2n) is 4.04. The third-order valence-electron chi connectivity index (χ3n) is 2.62. The molecule has 1 heterocycles. The molecule has 2 aromatic rings. The summed E-state index contributed by atoms with van der Waals surface area (Å²) in [5, 5.41) is 0. The van der Waals surface area contributed by atoms with Crippen LogP contribution in [0.5, 0.6) is 11.6 Å². The molecule has 0 saturated carbocycles. The standard InChI is InChI=1S/C14H14BrFN2O/c1-2-11-5-9(8-17)6-14(18-11)19-13-4-3-10(16)7-12(13)15/h3-7H,2,8,17H2,1H3. The van der Waals surface area contributed by atoms with Crippen LogP contribution in [0.4, 0.5) is 4.39 Å². The Kier molecular flexibility index (Phi) is 4.50. The summed E-state index contributed by atoms with van der Waals surface area (Å²) < 4.78 is 19.2. The first-order valence-electron chi connectivity index (χ1n) is 5.95. The number of ether oxygens (including phenoxy) is 1. The highest BCUT2D eigenvalue weighted by Crippen LogP contribution is 2.29. The molecular formula is C14H14BrFN2O.